The molecule has 0 bridgehead atoms. The van der Waals surface area contributed by atoms with Crippen LogP contribution in [-0.4, -0.2) is 18.0 Å². The molecular weight excluding hydrogens is 346 g/mol. The number of aryl methyl sites for hydroxylation is 2. The minimum absolute atomic E-state index is 0.377. The quantitative estimate of drug-likeness (QED) is 0.820. The lowest BCUT2D eigenvalue weighted by molar-refractivity contribution is -0.123. The smallest absolute Gasteiger partial charge is 0.349 e. The Kier molecular flexibility index (Phi) is 4.92. The fraction of sp³-hybridized carbons (Fsp3) is 0.333. The fourth-order valence-electron chi connectivity index (χ4n) is 2.68. The van der Waals surface area contributed by atoms with Crippen LogP contribution in [-0.2, 0) is 22.4 Å². The van der Waals surface area contributed by atoms with Crippen molar-refractivity contribution in [3.63, 3.8) is 0 Å². The van der Waals surface area contributed by atoms with E-state index in [0.29, 0.717) is 15.6 Å². The molecule has 1 aliphatic rings. The van der Waals surface area contributed by atoms with Crippen LogP contribution >= 0.6 is 22.9 Å². The van der Waals surface area contributed by atoms with Gasteiger partial charge in [0, 0.05) is 15.6 Å². The monoisotopic (exact) mass is 363 g/mol. The number of fused-ring (bicyclic) bond motifs is 1. The van der Waals surface area contributed by atoms with E-state index in [1.165, 1.54) is 21.8 Å². The molecule has 6 heteroatoms. The summed E-state index contributed by atoms with van der Waals surface area (Å²) in [6.07, 6.45) is 2.31. The molecule has 0 saturated heterocycles. The number of carbonyl (C=O) groups is 2. The van der Waals surface area contributed by atoms with Crippen molar-refractivity contribution in [2.45, 2.75) is 39.2 Å². The van der Waals surface area contributed by atoms with Crippen molar-refractivity contribution >= 4 is 40.5 Å². The van der Waals surface area contributed by atoms with E-state index in [-0.39, 0.29) is 5.91 Å². The van der Waals surface area contributed by atoms with Crippen molar-refractivity contribution < 1.29 is 14.3 Å². The molecule has 0 spiro atoms. The third-order valence-corrected chi connectivity index (χ3v) is 5.75. The number of carbonyl (C=O) groups excluding carboxylic acids is 2. The summed E-state index contributed by atoms with van der Waals surface area (Å²) >= 11 is 7.51. The van der Waals surface area contributed by atoms with Gasteiger partial charge in [-0.1, -0.05) is 17.7 Å². The van der Waals surface area contributed by atoms with Gasteiger partial charge in [0.15, 0.2) is 6.10 Å². The molecule has 4 nitrogen and oxygen atoms in total. The van der Waals surface area contributed by atoms with E-state index in [1.54, 1.807) is 25.1 Å². The minimum atomic E-state index is -0.882. The second kappa shape index (κ2) is 6.95. The van der Waals surface area contributed by atoms with Gasteiger partial charge in [-0.05, 0) is 62.4 Å². The lowest BCUT2D eigenvalue weighted by Crippen LogP contribution is -2.30. The van der Waals surface area contributed by atoms with Gasteiger partial charge < -0.3 is 10.1 Å². The number of rotatable bonds is 4. The molecule has 1 N–H and O–H groups in total. The van der Waals surface area contributed by atoms with Crippen molar-refractivity contribution in [1.82, 2.24) is 0 Å². The second-order valence-corrected chi connectivity index (χ2v) is 7.41. The number of hydrogen-bond donors (Lipinski definition) is 1. The van der Waals surface area contributed by atoms with Gasteiger partial charge in [0.25, 0.3) is 5.91 Å². The SMILES string of the molecule is Cc1c(Cl)cccc1NC(=O)[C@H](C)OC(=O)c1cc2c(s1)CCC2. The standard InChI is InChI=1S/C18H18ClNO3S/c1-10-13(19)6-4-7-14(10)20-17(21)11(2)23-18(22)16-9-12-5-3-8-15(12)24-16/h4,6-7,9,11H,3,5,8H2,1-2H3,(H,20,21)/t11-/m0/s1. The molecule has 24 heavy (non-hydrogen) atoms. The molecule has 2 aromatic rings. The van der Waals surface area contributed by atoms with Crippen LogP contribution in [0.5, 0.6) is 0 Å². The molecule has 1 amide bonds. The summed E-state index contributed by atoms with van der Waals surface area (Å²) < 4.78 is 5.30. The lowest BCUT2D eigenvalue weighted by Gasteiger charge is -2.14. The first kappa shape index (κ1) is 17.0. The van der Waals surface area contributed by atoms with E-state index >= 15 is 0 Å². The molecular formula is C18H18ClNO3S. The predicted octanol–water partition coefficient (Wildman–Crippen LogP) is 4.38. The van der Waals surface area contributed by atoms with Crippen molar-refractivity contribution in [3.05, 3.63) is 50.2 Å². The number of thiophene rings is 1. The maximum absolute atomic E-state index is 12.3. The van der Waals surface area contributed by atoms with E-state index < -0.39 is 12.1 Å². The Morgan fingerprint density at radius 3 is 2.88 bits per heavy atom. The highest BCUT2D eigenvalue weighted by atomic mass is 35.5. The number of ether oxygens (including phenoxy) is 1. The fourth-order valence-corrected chi connectivity index (χ4v) is 3.99. The summed E-state index contributed by atoms with van der Waals surface area (Å²) in [7, 11) is 0. The van der Waals surface area contributed by atoms with E-state index in [4.69, 9.17) is 16.3 Å². The number of halogens is 1. The lowest BCUT2D eigenvalue weighted by atomic mass is 10.2. The molecule has 126 valence electrons. The Labute approximate surface area is 149 Å². The largest absolute Gasteiger partial charge is 0.448 e. The highest BCUT2D eigenvalue weighted by Crippen LogP contribution is 2.31. The van der Waals surface area contributed by atoms with Crippen LogP contribution in [0.2, 0.25) is 5.02 Å². The Balaban J connectivity index is 1.63. The minimum Gasteiger partial charge on any atom is -0.448 e. The summed E-state index contributed by atoms with van der Waals surface area (Å²) in [5.74, 6) is -0.822. The third-order valence-electron chi connectivity index (χ3n) is 4.13. The van der Waals surface area contributed by atoms with Gasteiger partial charge in [-0.3, -0.25) is 4.79 Å². The number of amides is 1. The summed E-state index contributed by atoms with van der Waals surface area (Å²) in [6, 6.07) is 7.17. The first-order valence-corrected chi connectivity index (χ1v) is 9.03. The summed E-state index contributed by atoms with van der Waals surface area (Å²) in [5, 5.41) is 3.32. The number of benzene rings is 1. The Morgan fingerprint density at radius 2 is 2.12 bits per heavy atom. The van der Waals surface area contributed by atoms with E-state index in [0.717, 1.165) is 24.8 Å². The summed E-state index contributed by atoms with van der Waals surface area (Å²) in [5.41, 5.74) is 2.63. The summed E-state index contributed by atoms with van der Waals surface area (Å²) in [6.45, 7) is 3.39. The average molecular weight is 364 g/mol. The van der Waals surface area contributed by atoms with Crippen LogP contribution in [0, 0.1) is 6.92 Å². The van der Waals surface area contributed by atoms with E-state index in [2.05, 4.69) is 5.32 Å². The molecule has 1 aromatic heterocycles. The second-order valence-electron chi connectivity index (χ2n) is 5.86. The van der Waals surface area contributed by atoms with Crippen molar-refractivity contribution in [1.29, 1.82) is 0 Å². The number of hydrogen-bond acceptors (Lipinski definition) is 4. The molecule has 0 saturated carbocycles. The van der Waals surface area contributed by atoms with Gasteiger partial charge in [0.1, 0.15) is 4.88 Å². The van der Waals surface area contributed by atoms with Crippen LogP contribution in [0.4, 0.5) is 5.69 Å². The van der Waals surface area contributed by atoms with Crippen LogP contribution in [0.25, 0.3) is 0 Å². The van der Waals surface area contributed by atoms with Crippen molar-refractivity contribution in [3.8, 4) is 0 Å². The first-order chi connectivity index (χ1) is 11.5. The normalized spacial score (nSPS) is 14.1. The highest BCUT2D eigenvalue weighted by Gasteiger charge is 2.23. The Hall–Kier alpha value is -1.85. The Bertz CT molecular complexity index is 778. The zero-order chi connectivity index (χ0) is 17.3. The van der Waals surface area contributed by atoms with E-state index in [9.17, 15) is 9.59 Å². The van der Waals surface area contributed by atoms with Gasteiger partial charge in [-0.15, -0.1) is 11.3 Å². The number of anilines is 1. The van der Waals surface area contributed by atoms with Gasteiger partial charge in [0.05, 0.1) is 0 Å². The zero-order valence-corrected chi connectivity index (χ0v) is 15.1. The van der Waals surface area contributed by atoms with Crippen LogP contribution < -0.4 is 5.32 Å². The number of nitrogens with one attached hydrogen (secondary N) is 1. The summed E-state index contributed by atoms with van der Waals surface area (Å²) in [4.78, 5) is 26.3. The zero-order valence-electron chi connectivity index (χ0n) is 13.5. The van der Waals surface area contributed by atoms with Crippen LogP contribution in [0.15, 0.2) is 24.3 Å². The van der Waals surface area contributed by atoms with Gasteiger partial charge in [-0.25, -0.2) is 4.79 Å². The molecule has 0 fully saturated rings. The first-order valence-electron chi connectivity index (χ1n) is 7.84. The van der Waals surface area contributed by atoms with Crippen LogP contribution in [0.3, 0.4) is 0 Å². The Morgan fingerprint density at radius 1 is 1.33 bits per heavy atom. The molecule has 1 atom stereocenters. The van der Waals surface area contributed by atoms with Crippen LogP contribution in [0.1, 0.15) is 39.0 Å². The molecule has 1 aromatic carbocycles. The molecule has 0 radical (unpaired) electrons. The van der Waals surface area contributed by atoms with E-state index in [1.807, 2.05) is 13.0 Å². The van der Waals surface area contributed by atoms with Gasteiger partial charge in [0.2, 0.25) is 0 Å². The molecule has 3 rings (SSSR count). The highest BCUT2D eigenvalue weighted by molar-refractivity contribution is 7.14. The van der Waals surface area contributed by atoms with Gasteiger partial charge >= 0.3 is 5.97 Å². The maximum Gasteiger partial charge on any atom is 0.349 e. The van der Waals surface area contributed by atoms with Gasteiger partial charge in [-0.2, -0.15) is 0 Å². The number of esters is 1. The molecule has 1 aliphatic carbocycles. The molecule has 0 aliphatic heterocycles. The average Bonchev–Trinajstić information content (AvgIpc) is 3.13. The van der Waals surface area contributed by atoms with Crippen molar-refractivity contribution in [2.75, 3.05) is 5.32 Å². The maximum atomic E-state index is 12.3. The topological polar surface area (TPSA) is 55.4 Å². The molecule has 0 unspecified atom stereocenters. The van der Waals surface area contributed by atoms with Crippen molar-refractivity contribution in [2.24, 2.45) is 0 Å². The predicted molar refractivity (Wildman–Crippen MR) is 96.0 cm³/mol. The third kappa shape index (κ3) is 3.47. The molecule has 1 heterocycles.